The SMILES string of the molecule is Cc1ccc(OCC(=O)N/N=C/c2ccc[nH]2)cc1. The highest BCUT2D eigenvalue weighted by Gasteiger charge is 2.00. The Morgan fingerprint density at radius 3 is 2.84 bits per heavy atom. The number of carbonyl (C=O) groups is 1. The summed E-state index contributed by atoms with van der Waals surface area (Å²) in [6, 6.07) is 11.2. The highest BCUT2D eigenvalue weighted by atomic mass is 16.5. The van der Waals surface area contributed by atoms with Gasteiger partial charge in [0.1, 0.15) is 5.75 Å². The van der Waals surface area contributed by atoms with Gasteiger partial charge in [0.25, 0.3) is 5.91 Å². The average Bonchev–Trinajstić information content (AvgIpc) is 2.91. The molecule has 2 rings (SSSR count). The van der Waals surface area contributed by atoms with Gasteiger partial charge >= 0.3 is 0 Å². The second kappa shape index (κ2) is 6.39. The van der Waals surface area contributed by atoms with Gasteiger partial charge in [-0.05, 0) is 31.2 Å². The molecule has 0 radical (unpaired) electrons. The molecule has 1 amide bonds. The van der Waals surface area contributed by atoms with Crippen LogP contribution >= 0.6 is 0 Å². The summed E-state index contributed by atoms with van der Waals surface area (Å²) in [5.74, 6) is 0.359. The molecule has 0 unspecified atom stereocenters. The van der Waals surface area contributed by atoms with Crippen molar-refractivity contribution in [3.05, 3.63) is 53.9 Å². The number of hydrazone groups is 1. The van der Waals surface area contributed by atoms with Crippen molar-refractivity contribution in [3.8, 4) is 5.75 Å². The van der Waals surface area contributed by atoms with Crippen molar-refractivity contribution in [2.24, 2.45) is 5.10 Å². The zero-order valence-corrected chi connectivity index (χ0v) is 10.6. The third kappa shape index (κ3) is 4.31. The standard InChI is InChI=1S/C14H15N3O2/c1-11-4-6-13(7-5-11)19-10-14(18)17-16-9-12-3-2-8-15-12/h2-9,15H,10H2,1H3,(H,17,18)/b16-9+. The lowest BCUT2D eigenvalue weighted by atomic mass is 10.2. The van der Waals surface area contributed by atoms with Gasteiger partial charge in [-0.2, -0.15) is 5.10 Å². The number of nitrogens with one attached hydrogen (secondary N) is 2. The largest absolute Gasteiger partial charge is 0.484 e. The van der Waals surface area contributed by atoms with Gasteiger partial charge in [-0.3, -0.25) is 4.79 Å². The fourth-order valence-electron chi connectivity index (χ4n) is 1.41. The van der Waals surface area contributed by atoms with Crippen molar-refractivity contribution in [3.63, 3.8) is 0 Å². The zero-order chi connectivity index (χ0) is 13.5. The second-order valence-corrected chi connectivity index (χ2v) is 4.02. The molecule has 1 heterocycles. The van der Waals surface area contributed by atoms with Gasteiger partial charge in [0.15, 0.2) is 6.61 Å². The maximum Gasteiger partial charge on any atom is 0.277 e. The number of benzene rings is 1. The summed E-state index contributed by atoms with van der Waals surface area (Å²) < 4.78 is 5.32. The van der Waals surface area contributed by atoms with Crippen LogP contribution in [0.4, 0.5) is 0 Å². The van der Waals surface area contributed by atoms with Crippen LogP contribution in [0.1, 0.15) is 11.3 Å². The molecule has 0 aliphatic carbocycles. The van der Waals surface area contributed by atoms with Crippen LogP contribution in [0.2, 0.25) is 0 Å². The molecule has 0 bridgehead atoms. The monoisotopic (exact) mass is 257 g/mol. The van der Waals surface area contributed by atoms with Gasteiger partial charge in [0, 0.05) is 6.20 Å². The first-order valence-corrected chi connectivity index (χ1v) is 5.89. The van der Waals surface area contributed by atoms with E-state index < -0.39 is 0 Å². The summed E-state index contributed by atoms with van der Waals surface area (Å²) in [6.45, 7) is 1.93. The first-order valence-electron chi connectivity index (χ1n) is 5.89. The first kappa shape index (κ1) is 12.9. The molecule has 0 aliphatic rings. The first-order chi connectivity index (χ1) is 9.24. The fraction of sp³-hybridized carbons (Fsp3) is 0.143. The number of rotatable bonds is 5. The van der Waals surface area contributed by atoms with E-state index in [1.165, 1.54) is 6.21 Å². The number of H-pyrrole nitrogens is 1. The fourth-order valence-corrected chi connectivity index (χ4v) is 1.41. The van der Waals surface area contributed by atoms with E-state index in [4.69, 9.17) is 4.74 Å². The molecule has 19 heavy (non-hydrogen) atoms. The van der Waals surface area contributed by atoms with Gasteiger partial charge in [-0.15, -0.1) is 0 Å². The topological polar surface area (TPSA) is 66.5 Å². The maximum absolute atomic E-state index is 11.5. The smallest absolute Gasteiger partial charge is 0.277 e. The van der Waals surface area contributed by atoms with Crippen LogP contribution in [0, 0.1) is 6.92 Å². The molecular formula is C14H15N3O2. The molecule has 0 aliphatic heterocycles. The summed E-state index contributed by atoms with van der Waals surface area (Å²) in [6.07, 6.45) is 3.31. The second-order valence-electron chi connectivity index (χ2n) is 4.02. The van der Waals surface area contributed by atoms with E-state index in [0.29, 0.717) is 5.75 Å². The average molecular weight is 257 g/mol. The van der Waals surface area contributed by atoms with Gasteiger partial charge < -0.3 is 9.72 Å². The molecule has 0 saturated carbocycles. The van der Waals surface area contributed by atoms with Gasteiger partial charge in [-0.1, -0.05) is 17.7 Å². The Morgan fingerprint density at radius 2 is 2.16 bits per heavy atom. The van der Waals surface area contributed by atoms with Crippen LogP contribution < -0.4 is 10.2 Å². The van der Waals surface area contributed by atoms with E-state index >= 15 is 0 Å². The van der Waals surface area contributed by atoms with Gasteiger partial charge in [0.05, 0.1) is 11.9 Å². The summed E-state index contributed by atoms with van der Waals surface area (Å²) in [5.41, 5.74) is 4.35. The van der Waals surface area contributed by atoms with E-state index in [0.717, 1.165) is 11.3 Å². The molecule has 5 nitrogen and oxygen atoms in total. The van der Waals surface area contributed by atoms with Crippen molar-refractivity contribution in [1.82, 2.24) is 10.4 Å². The third-order valence-corrected chi connectivity index (χ3v) is 2.41. The summed E-state index contributed by atoms with van der Waals surface area (Å²) in [5, 5.41) is 3.80. The minimum absolute atomic E-state index is 0.0644. The Bertz CT molecular complexity index is 545. The molecule has 0 fully saturated rings. The van der Waals surface area contributed by atoms with Crippen molar-refractivity contribution in [2.45, 2.75) is 6.92 Å². The molecular weight excluding hydrogens is 242 g/mol. The number of aryl methyl sites for hydroxylation is 1. The van der Waals surface area contributed by atoms with Crippen LogP contribution in [0.15, 0.2) is 47.7 Å². The van der Waals surface area contributed by atoms with Crippen LogP contribution in [0.25, 0.3) is 0 Å². The summed E-state index contributed by atoms with van der Waals surface area (Å²) in [4.78, 5) is 14.4. The van der Waals surface area contributed by atoms with Crippen LogP contribution in [-0.2, 0) is 4.79 Å². The Balaban J connectivity index is 1.74. The number of ether oxygens (including phenoxy) is 1. The van der Waals surface area contributed by atoms with Gasteiger partial charge in [0.2, 0.25) is 0 Å². The number of hydrogen-bond donors (Lipinski definition) is 2. The molecule has 5 heteroatoms. The third-order valence-electron chi connectivity index (χ3n) is 2.41. The Kier molecular flexibility index (Phi) is 4.34. The van der Waals surface area contributed by atoms with E-state index in [1.807, 2.05) is 43.3 Å². The van der Waals surface area contributed by atoms with Crippen molar-refractivity contribution < 1.29 is 9.53 Å². The Morgan fingerprint density at radius 1 is 1.37 bits per heavy atom. The number of aromatic nitrogens is 1. The van der Waals surface area contributed by atoms with Crippen LogP contribution in [-0.4, -0.2) is 23.7 Å². The highest BCUT2D eigenvalue weighted by Crippen LogP contribution is 2.10. The number of carbonyl (C=O) groups excluding carboxylic acids is 1. The molecule has 0 spiro atoms. The molecule has 2 aromatic rings. The molecule has 0 saturated heterocycles. The van der Waals surface area contributed by atoms with Crippen LogP contribution in [0.5, 0.6) is 5.75 Å². The minimum Gasteiger partial charge on any atom is -0.484 e. The van der Waals surface area contributed by atoms with E-state index in [9.17, 15) is 4.79 Å². The summed E-state index contributed by atoms with van der Waals surface area (Å²) in [7, 11) is 0. The Labute approximate surface area is 111 Å². The predicted octanol–water partition coefficient (Wildman–Crippen LogP) is 1.85. The lowest BCUT2D eigenvalue weighted by Crippen LogP contribution is -2.24. The van der Waals surface area contributed by atoms with E-state index in [1.54, 1.807) is 6.20 Å². The minimum atomic E-state index is -0.302. The van der Waals surface area contributed by atoms with E-state index in [-0.39, 0.29) is 12.5 Å². The maximum atomic E-state index is 11.5. The highest BCUT2D eigenvalue weighted by molar-refractivity contribution is 5.81. The number of nitrogens with zero attached hydrogens (tertiary/aromatic N) is 1. The van der Waals surface area contributed by atoms with E-state index in [2.05, 4.69) is 15.5 Å². The van der Waals surface area contributed by atoms with Gasteiger partial charge in [-0.25, -0.2) is 5.43 Å². The molecule has 0 atom stereocenters. The van der Waals surface area contributed by atoms with Crippen molar-refractivity contribution in [2.75, 3.05) is 6.61 Å². The zero-order valence-electron chi connectivity index (χ0n) is 10.6. The molecule has 1 aromatic carbocycles. The quantitative estimate of drug-likeness (QED) is 0.634. The lowest BCUT2D eigenvalue weighted by Gasteiger charge is -2.04. The number of amides is 1. The van der Waals surface area contributed by atoms with Crippen molar-refractivity contribution >= 4 is 12.1 Å². The van der Waals surface area contributed by atoms with Crippen LogP contribution in [0.3, 0.4) is 0 Å². The molecule has 98 valence electrons. The predicted molar refractivity (Wildman–Crippen MR) is 73.2 cm³/mol. The van der Waals surface area contributed by atoms with Crippen molar-refractivity contribution in [1.29, 1.82) is 0 Å². The molecule has 2 N–H and O–H groups in total. The summed E-state index contributed by atoms with van der Waals surface area (Å²) >= 11 is 0. The number of hydrogen-bond acceptors (Lipinski definition) is 3. The lowest BCUT2D eigenvalue weighted by molar-refractivity contribution is -0.123. The number of aromatic amines is 1. The normalized spacial score (nSPS) is 10.6. The Hall–Kier alpha value is -2.56. The molecule has 1 aromatic heterocycles.